The molecule has 4 nitrogen and oxygen atoms in total. The highest BCUT2D eigenvalue weighted by Gasteiger charge is 2.30. The van der Waals surface area contributed by atoms with E-state index in [9.17, 15) is 13.2 Å². The quantitative estimate of drug-likeness (QED) is 0.642. The van der Waals surface area contributed by atoms with E-state index in [0.717, 1.165) is 0 Å². The molecule has 0 unspecified atom stereocenters. The van der Waals surface area contributed by atoms with Crippen LogP contribution in [-0.4, -0.2) is 14.3 Å². The minimum absolute atomic E-state index is 0.0648. The SMILES string of the molecule is C/C=C\C1=C(C)C(=O)NS1(=O)=O. The Hall–Kier alpha value is -1.10. The van der Waals surface area contributed by atoms with Crippen LogP contribution in [0.3, 0.4) is 0 Å². The lowest BCUT2D eigenvalue weighted by molar-refractivity contribution is -0.115. The van der Waals surface area contributed by atoms with Gasteiger partial charge < -0.3 is 0 Å². The topological polar surface area (TPSA) is 63.2 Å². The van der Waals surface area contributed by atoms with Crippen LogP contribution in [-0.2, 0) is 14.8 Å². The molecule has 5 heteroatoms. The van der Waals surface area contributed by atoms with Gasteiger partial charge in [0.2, 0.25) is 0 Å². The van der Waals surface area contributed by atoms with E-state index in [-0.39, 0.29) is 10.5 Å². The van der Waals surface area contributed by atoms with Crippen LogP contribution in [0.25, 0.3) is 0 Å². The Morgan fingerprint density at radius 3 is 2.33 bits per heavy atom. The highest BCUT2D eigenvalue weighted by molar-refractivity contribution is 7.94. The van der Waals surface area contributed by atoms with Crippen molar-refractivity contribution >= 4 is 15.9 Å². The number of rotatable bonds is 1. The van der Waals surface area contributed by atoms with Crippen molar-refractivity contribution in [3.05, 3.63) is 22.6 Å². The Kier molecular flexibility index (Phi) is 2.06. The molecule has 12 heavy (non-hydrogen) atoms. The van der Waals surface area contributed by atoms with Crippen molar-refractivity contribution in [3.63, 3.8) is 0 Å². The molecule has 0 saturated carbocycles. The Morgan fingerprint density at radius 2 is 2.00 bits per heavy atom. The molecule has 1 N–H and O–H groups in total. The Balaban J connectivity index is 3.32. The number of carbonyl (C=O) groups excluding carboxylic acids is 1. The first kappa shape index (κ1) is 8.99. The fourth-order valence-electron chi connectivity index (χ4n) is 0.933. The van der Waals surface area contributed by atoms with Gasteiger partial charge in [0.15, 0.2) is 0 Å². The number of nitrogens with one attached hydrogen (secondary N) is 1. The molecule has 1 amide bonds. The number of hydrogen-bond acceptors (Lipinski definition) is 3. The van der Waals surface area contributed by atoms with E-state index in [4.69, 9.17) is 0 Å². The predicted molar refractivity (Wildman–Crippen MR) is 44.6 cm³/mol. The predicted octanol–water partition coefficient (Wildman–Crippen LogP) is 0.296. The maximum absolute atomic E-state index is 11.1. The molecular formula is C7H9NO3S. The number of hydrogen-bond donors (Lipinski definition) is 1. The van der Waals surface area contributed by atoms with Crippen LogP contribution in [0.5, 0.6) is 0 Å². The smallest absolute Gasteiger partial charge is 0.264 e. The summed E-state index contributed by atoms with van der Waals surface area (Å²) in [4.78, 5) is 11.0. The summed E-state index contributed by atoms with van der Waals surface area (Å²) in [7, 11) is -3.55. The van der Waals surface area contributed by atoms with E-state index < -0.39 is 15.9 Å². The number of carbonyl (C=O) groups is 1. The maximum Gasteiger partial charge on any atom is 0.264 e. The first-order chi connectivity index (χ1) is 5.49. The summed E-state index contributed by atoms with van der Waals surface area (Å²) in [6, 6.07) is 0. The fraction of sp³-hybridized carbons (Fsp3) is 0.286. The van der Waals surface area contributed by atoms with Gasteiger partial charge >= 0.3 is 0 Å². The average Bonchev–Trinajstić information content (AvgIpc) is 2.13. The summed E-state index contributed by atoms with van der Waals surface area (Å²) in [6.45, 7) is 3.17. The zero-order valence-electron chi connectivity index (χ0n) is 6.79. The average molecular weight is 187 g/mol. The fourth-order valence-corrected chi connectivity index (χ4v) is 2.25. The summed E-state index contributed by atoms with van der Waals surface area (Å²) in [5.41, 5.74) is 0.244. The van der Waals surface area contributed by atoms with Gasteiger partial charge in [-0.2, -0.15) is 0 Å². The van der Waals surface area contributed by atoms with Crippen LogP contribution in [0.4, 0.5) is 0 Å². The van der Waals surface area contributed by atoms with Crippen LogP contribution >= 0.6 is 0 Å². The van der Waals surface area contributed by atoms with Crippen molar-refractivity contribution in [2.24, 2.45) is 0 Å². The molecule has 1 aliphatic heterocycles. The summed E-state index contributed by atoms with van der Waals surface area (Å²) in [5.74, 6) is -0.539. The second-order valence-corrected chi connectivity index (χ2v) is 4.07. The lowest BCUT2D eigenvalue weighted by Crippen LogP contribution is -2.22. The molecule has 0 aromatic carbocycles. The molecule has 0 aromatic heterocycles. The van der Waals surface area contributed by atoms with E-state index in [0.29, 0.717) is 0 Å². The van der Waals surface area contributed by atoms with Gasteiger partial charge in [-0.25, -0.2) is 13.1 Å². The van der Waals surface area contributed by atoms with Crippen LogP contribution in [0.15, 0.2) is 22.6 Å². The largest absolute Gasteiger partial charge is 0.269 e. The second-order valence-electron chi connectivity index (χ2n) is 2.42. The minimum atomic E-state index is -3.55. The van der Waals surface area contributed by atoms with Gasteiger partial charge in [-0.15, -0.1) is 0 Å². The Labute approximate surface area is 71.0 Å². The van der Waals surface area contributed by atoms with Crippen molar-refractivity contribution in [1.29, 1.82) is 0 Å². The molecular weight excluding hydrogens is 178 g/mol. The normalized spacial score (nSPS) is 22.0. The maximum atomic E-state index is 11.1. The van der Waals surface area contributed by atoms with Crippen LogP contribution in [0.1, 0.15) is 13.8 Å². The van der Waals surface area contributed by atoms with Crippen LogP contribution < -0.4 is 4.72 Å². The molecule has 66 valence electrons. The highest BCUT2D eigenvalue weighted by atomic mass is 32.2. The molecule has 0 atom stereocenters. The molecule has 0 aromatic rings. The minimum Gasteiger partial charge on any atom is -0.269 e. The highest BCUT2D eigenvalue weighted by Crippen LogP contribution is 2.19. The van der Waals surface area contributed by atoms with Gasteiger partial charge in [-0.1, -0.05) is 6.08 Å². The standard InChI is InChI=1S/C7H9NO3S/c1-3-4-6-5(2)7(9)8-12(6,10)11/h3-4H,1-2H3,(H,8,9)/b4-3-. The third-order valence-corrected chi connectivity index (χ3v) is 3.02. The second kappa shape index (κ2) is 2.75. The molecule has 0 saturated heterocycles. The molecule has 1 rings (SSSR count). The Morgan fingerprint density at radius 1 is 1.42 bits per heavy atom. The molecule has 0 fully saturated rings. The first-order valence-electron chi connectivity index (χ1n) is 3.40. The van der Waals surface area contributed by atoms with Crippen molar-refractivity contribution in [3.8, 4) is 0 Å². The van der Waals surface area contributed by atoms with E-state index in [1.54, 1.807) is 13.0 Å². The molecule has 0 bridgehead atoms. The molecule has 0 aliphatic carbocycles. The van der Waals surface area contributed by atoms with Gasteiger partial charge in [0.1, 0.15) is 0 Å². The number of allylic oxidation sites excluding steroid dienone is 2. The molecule has 0 spiro atoms. The van der Waals surface area contributed by atoms with Crippen molar-refractivity contribution < 1.29 is 13.2 Å². The molecule has 1 heterocycles. The van der Waals surface area contributed by atoms with E-state index in [1.165, 1.54) is 13.0 Å². The van der Waals surface area contributed by atoms with Crippen molar-refractivity contribution in [2.45, 2.75) is 13.8 Å². The van der Waals surface area contributed by atoms with Crippen LogP contribution in [0.2, 0.25) is 0 Å². The van der Waals surface area contributed by atoms with Gasteiger partial charge in [-0.05, 0) is 19.9 Å². The monoisotopic (exact) mass is 187 g/mol. The first-order valence-corrected chi connectivity index (χ1v) is 4.88. The zero-order chi connectivity index (χ0) is 9.35. The number of sulfonamides is 1. The lowest BCUT2D eigenvalue weighted by Gasteiger charge is -1.93. The van der Waals surface area contributed by atoms with Gasteiger partial charge in [0.25, 0.3) is 15.9 Å². The summed E-state index contributed by atoms with van der Waals surface area (Å²) in [5, 5.41) is 0. The summed E-state index contributed by atoms with van der Waals surface area (Å²) in [6.07, 6.45) is 2.99. The van der Waals surface area contributed by atoms with Gasteiger partial charge in [0, 0.05) is 5.57 Å². The third kappa shape index (κ3) is 1.27. The Bertz CT molecular complexity index is 375. The van der Waals surface area contributed by atoms with E-state index in [1.807, 2.05) is 4.72 Å². The zero-order valence-corrected chi connectivity index (χ0v) is 7.60. The van der Waals surface area contributed by atoms with Crippen molar-refractivity contribution in [2.75, 3.05) is 0 Å². The van der Waals surface area contributed by atoms with Gasteiger partial charge in [-0.3, -0.25) is 4.79 Å². The van der Waals surface area contributed by atoms with E-state index in [2.05, 4.69) is 0 Å². The third-order valence-electron chi connectivity index (χ3n) is 1.54. The van der Waals surface area contributed by atoms with Crippen LogP contribution in [0, 0.1) is 0 Å². The van der Waals surface area contributed by atoms with Gasteiger partial charge in [0.05, 0.1) is 4.91 Å². The number of amides is 1. The molecule has 0 radical (unpaired) electrons. The molecule has 1 aliphatic rings. The van der Waals surface area contributed by atoms with E-state index >= 15 is 0 Å². The summed E-state index contributed by atoms with van der Waals surface area (Å²) < 4.78 is 24.1. The lowest BCUT2D eigenvalue weighted by atomic mass is 10.2. The van der Waals surface area contributed by atoms with Crippen molar-refractivity contribution in [1.82, 2.24) is 4.72 Å². The summed E-state index contributed by atoms with van der Waals surface area (Å²) >= 11 is 0.